The average Bonchev–Trinajstić information content (AvgIpc) is 3.36. The van der Waals surface area contributed by atoms with E-state index < -0.39 is 0 Å². The van der Waals surface area contributed by atoms with E-state index in [2.05, 4.69) is 83.4 Å². The zero-order valence-electron chi connectivity index (χ0n) is 25.1. The predicted octanol–water partition coefficient (Wildman–Crippen LogP) is 10.2. The van der Waals surface area contributed by atoms with Crippen molar-refractivity contribution < 1.29 is 30.0 Å². The van der Waals surface area contributed by atoms with Crippen molar-refractivity contribution in [1.29, 1.82) is 0 Å². The van der Waals surface area contributed by atoms with Crippen molar-refractivity contribution in [3.05, 3.63) is 97.0 Å². The zero-order valence-corrected chi connectivity index (χ0v) is 27.5. The number of carbonyl (C=O) groups excluding carboxylic acids is 1. The smallest absolute Gasteiger partial charge is 0.162 e. The van der Waals surface area contributed by atoms with Crippen LogP contribution in [-0.4, -0.2) is 20.3 Å². The molecule has 7 rings (SSSR count). The summed E-state index contributed by atoms with van der Waals surface area (Å²) < 4.78 is 2.32. The monoisotopic (exact) mass is 746 g/mol. The number of rotatable bonds is 7. The van der Waals surface area contributed by atoms with Crippen LogP contribution in [0.3, 0.4) is 0 Å². The Hall–Kier alpha value is -3.79. The largest absolute Gasteiger partial charge is 0.512 e. The van der Waals surface area contributed by atoms with Crippen LogP contribution in [0.25, 0.3) is 59.6 Å². The molecule has 1 N–H and O–H groups in total. The quantitative estimate of drug-likeness (QED) is 0.0581. The number of carbonyl (C=O) groups is 1. The Bertz CT molecular complexity index is 2080. The maximum Gasteiger partial charge on any atom is 0.162 e. The van der Waals surface area contributed by atoms with Crippen molar-refractivity contribution >= 4 is 65.4 Å². The molecule has 0 saturated heterocycles. The summed E-state index contributed by atoms with van der Waals surface area (Å²) in [5.74, 6) is 0.547. The van der Waals surface area contributed by atoms with E-state index in [1.54, 1.807) is 0 Å². The number of ketones is 1. The van der Waals surface area contributed by atoms with Crippen molar-refractivity contribution in [3.8, 4) is 0 Å². The molecule has 0 bridgehead atoms. The molecule has 3 heterocycles. The summed E-state index contributed by atoms with van der Waals surface area (Å²) in [5, 5.41) is 19.5. The van der Waals surface area contributed by atoms with Crippen LogP contribution in [0.5, 0.6) is 0 Å². The summed E-state index contributed by atoms with van der Waals surface area (Å²) in [6, 6.07) is 27.4. The van der Waals surface area contributed by atoms with Gasteiger partial charge in [0.05, 0.1) is 11.3 Å². The number of nitrogens with zero attached hydrogens (tertiary/aromatic N) is 2. The molecule has 0 unspecified atom stereocenters. The molecule has 0 saturated carbocycles. The minimum Gasteiger partial charge on any atom is -0.512 e. The molecule has 5 heteroatoms. The number of benzene rings is 4. The molecule has 221 valence electrons. The van der Waals surface area contributed by atoms with E-state index in [0.717, 1.165) is 42.0 Å². The Morgan fingerprint density at radius 1 is 0.860 bits per heavy atom. The van der Waals surface area contributed by atoms with E-state index >= 15 is 0 Å². The number of aromatic nitrogens is 2. The third-order valence-electron chi connectivity index (χ3n) is 8.91. The van der Waals surface area contributed by atoms with Crippen molar-refractivity contribution in [2.45, 2.75) is 53.4 Å². The van der Waals surface area contributed by atoms with Gasteiger partial charge < -0.3 is 9.51 Å². The van der Waals surface area contributed by atoms with Crippen LogP contribution in [-0.2, 0) is 24.9 Å². The van der Waals surface area contributed by atoms with E-state index in [1.807, 2.05) is 33.9 Å². The molecule has 0 aliphatic carbocycles. The van der Waals surface area contributed by atoms with Gasteiger partial charge in [-0.1, -0.05) is 80.3 Å². The number of aliphatic hydroxyl groups is 1. The van der Waals surface area contributed by atoms with Crippen LogP contribution in [0.1, 0.15) is 53.4 Å². The number of aliphatic hydroxyl groups excluding tert-OH is 1. The molecule has 7 aromatic rings. The third-order valence-corrected chi connectivity index (χ3v) is 8.91. The Kier molecular flexibility index (Phi) is 9.15. The van der Waals surface area contributed by atoms with Gasteiger partial charge >= 0.3 is 0 Å². The van der Waals surface area contributed by atoms with Gasteiger partial charge in [-0.3, -0.25) is 9.78 Å². The summed E-state index contributed by atoms with van der Waals surface area (Å²) in [6.07, 6.45) is 9.00. The minimum atomic E-state index is 0. The normalized spacial score (nSPS) is 12.2. The maximum atomic E-state index is 11.7. The van der Waals surface area contributed by atoms with Gasteiger partial charge in [0.15, 0.2) is 5.78 Å². The fraction of sp³-hybridized carbons (Fsp3) is 0.263. The van der Waals surface area contributed by atoms with Crippen LogP contribution in [0.2, 0.25) is 0 Å². The van der Waals surface area contributed by atoms with Gasteiger partial charge in [0, 0.05) is 66.8 Å². The van der Waals surface area contributed by atoms with E-state index in [1.165, 1.54) is 49.4 Å². The first-order chi connectivity index (χ1) is 20.5. The molecule has 43 heavy (non-hydrogen) atoms. The second-order valence-corrected chi connectivity index (χ2v) is 11.2. The number of hydrogen-bond acceptors (Lipinski definition) is 3. The van der Waals surface area contributed by atoms with E-state index in [0.29, 0.717) is 0 Å². The molecule has 0 amide bonds. The first-order valence-corrected chi connectivity index (χ1v) is 15.2. The first-order valence-electron chi connectivity index (χ1n) is 15.2. The predicted molar refractivity (Wildman–Crippen MR) is 177 cm³/mol. The molecule has 0 atom stereocenters. The van der Waals surface area contributed by atoms with Gasteiger partial charge in [-0.2, -0.15) is 0 Å². The number of hydrogen-bond donors (Lipinski definition) is 1. The second kappa shape index (κ2) is 12.8. The molecular weight excluding hydrogens is 709 g/mol. The van der Waals surface area contributed by atoms with E-state index in [4.69, 9.17) is 4.98 Å². The van der Waals surface area contributed by atoms with Gasteiger partial charge in [0.2, 0.25) is 0 Å². The van der Waals surface area contributed by atoms with Gasteiger partial charge in [0.25, 0.3) is 0 Å². The Balaban J connectivity index is 0.000000201. The molecule has 4 nitrogen and oxygen atoms in total. The van der Waals surface area contributed by atoms with Gasteiger partial charge in [-0.15, -0.1) is 23.6 Å². The van der Waals surface area contributed by atoms with Crippen LogP contribution >= 0.6 is 0 Å². The summed E-state index contributed by atoms with van der Waals surface area (Å²) in [6.45, 7) is 8.07. The fourth-order valence-electron chi connectivity index (χ4n) is 6.48. The Morgan fingerprint density at radius 2 is 1.56 bits per heavy atom. The summed E-state index contributed by atoms with van der Waals surface area (Å²) >= 11 is 0. The fourth-order valence-corrected chi connectivity index (χ4v) is 6.48. The number of allylic oxidation sites excluding steroid dienone is 2. The van der Waals surface area contributed by atoms with Gasteiger partial charge in [-0.25, -0.2) is 0 Å². The second-order valence-electron chi connectivity index (χ2n) is 11.2. The molecule has 0 spiro atoms. The molecule has 0 aliphatic rings. The van der Waals surface area contributed by atoms with Crippen molar-refractivity contribution in [1.82, 2.24) is 9.38 Å². The minimum absolute atomic E-state index is 0. The maximum absolute atomic E-state index is 11.7. The summed E-state index contributed by atoms with van der Waals surface area (Å²) in [4.78, 5) is 16.5. The molecule has 4 aromatic carbocycles. The number of fused-ring (bicyclic) bond motifs is 7. The first kappa shape index (κ1) is 30.7. The van der Waals surface area contributed by atoms with Crippen LogP contribution < -0.4 is 0 Å². The van der Waals surface area contributed by atoms with Crippen LogP contribution in [0.4, 0.5) is 0 Å². The van der Waals surface area contributed by atoms with Gasteiger partial charge in [-0.05, 0) is 60.0 Å². The van der Waals surface area contributed by atoms with E-state index in [-0.39, 0.29) is 43.5 Å². The van der Waals surface area contributed by atoms with Crippen LogP contribution in [0.15, 0.2) is 91.0 Å². The summed E-state index contributed by atoms with van der Waals surface area (Å²) in [7, 11) is 0. The Labute approximate surface area is 266 Å². The number of para-hydroxylation sites is 1. The Morgan fingerprint density at radius 3 is 2.30 bits per heavy atom. The third kappa shape index (κ3) is 5.30. The molecule has 0 aliphatic heterocycles. The van der Waals surface area contributed by atoms with E-state index in [9.17, 15) is 9.90 Å². The van der Waals surface area contributed by atoms with Crippen molar-refractivity contribution in [3.63, 3.8) is 0 Å². The van der Waals surface area contributed by atoms with Gasteiger partial charge in [0.1, 0.15) is 0 Å². The van der Waals surface area contributed by atoms with Crippen LogP contribution in [0, 0.1) is 17.9 Å². The SMILES string of the molecule is CCC(CC)C(=O)/C=C(\O)C(CC)CC.[Ir].[c-]1c2ccccc2cc2c1c1nccc3ccn4c5ccccc5c2c4c31. The summed E-state index contributed by atoms with van der Waals surface area (Å²) in [5.41, 5.74) is 3.53. The average molecular weight is 746 g/mol. The molecule has 0 fully saturated rings. The molecule has 1 radical (unpaired) electrons. The van der Waals surface area contributed by atoms with Crippen molar-refractivity contribution in [2.75, 3.05) is 0 Å². The standard InChI is InChI=1S/C25H13N2.C13H24O2.Ir/c1-2-6-17-14-20-19(13-16(17)5-1)23-18-7-3-4-8-21(18)27-12-10-15-9-11-26-24(20)22(15)25(23)27;1-5-10(6-2)12(14)9-13(15)11(7-3)8-4;/h1-13H;9-11,14H,5-8H2,1-4H3;/q-1;;/b;12-9-;. The topological polar surface area (TPSA) is 54.6 Å². The number of pyridine rings is 2. The molecule has 3 aromatic heterocycles. The van der Waals surface area contributed by atoms with Crippen molar-refractivity contribution in [2.24, 2.45) is 11.8 Å². The zero-order chi connectivity index (χ0) is 29.4. The molecular formula is C38H37IrN2O2-.